The molecule has 0 radical (unpaired) electrons. The Bertz CT molecular complexity index is 2170. The van der Waals surface area contributed by atoms with Crippen molar-refractivity contribution in [3.8, 4) is 56.7 Å². The van der Waals surface area contributed by atoms with Crippen LogP contribution in [-0.2, 0) is 19.1 Å². The molecule has 13 heteroatoms. The summed E-state index contributed by atoms with van der Waals surface area (Å²) in [6, 6.07) is 38.0. The number of amides is 2. The molecule has 0 saturated carbocycles. The summed E-state index contributed by atoms with van der Waals surface area (Å²) in [5.41, 5.74) is 6.41. The molecule has 2 aromatic heterocycles. The van der Waals surface area contributed by atoms with Crippen LogP contribution in [0, 0.1) is 11.8 Å². The summed E-state index contributed by atoms with van der Waals surface area (Å²) in [5, 5.41) is 7.27. The third kappa shape index (κ3) is 13.6. The topological polar surface area (TPSA) is 134 Å². The first kappa shape index (κ1) is 44.2. The molecule has 6 aromatic rings. The van der Waals surface area contributed by atoms with Gasteiger partial charge in [-0.15, -0.1) is 0 Å². The Morgan fingerprint density at radius 3 is 1.39 bits per heavy atom. The first-order valence-electron chi connectivity index (χ1n) is 20.8. The van der Waals surface area contributed by atoms with Gasteiger partial charge in [0.25, 0.3) is 11.8 Å². The molecular weight excluding hydrogens is 825 g/mol. The molecule has 0 bridgehead atoms. The molecule has 0 aliphatic carbocycles. The number of nitrogens with one attached hydrogen (secondary N) is 2. The average Bonchev–Trinajstić information content (AvgIpc) is 3.33. The lowest BCUT2D eigenvalue weighted by molar-refractivity contribution is -0.124. The highest BCUT2D eigenvalue weighted by Crippen LogP contribution is 2.27. The predicted octanol–water partition coefficient (Wildman–Crippen LogP) is 9.38. The minimum Gasteiger partial charge on any atom is -0.484 e. The van der Waals surface area contributed by atoms with E-state index in [-0.39, 0.29) is 25.0 Å². The van der Waals surface area contributed by atoms with Crippen LogP contribution < -0.4 is 20.1 Å². The van der Waals surface area contributed by atoms with Crippen molar-refractivity contribution in [1.82, 2.24) is 25.6 Å². The number of benzene rings is 4. The van der Waals surface area contributed by atoms with E-state index in [1.807, 2.05) is 121 Å². The van der Waals surface area contributed by atoms with Gasteiger partial charge >= 0.3 is 0 Å². The predicted molar refractivity (Wildman–Crippen MR) is 242 cm³/mol. The van der Waals surface area contributed by atoms with Crippen molar-refractivity contribution in [3.05, 3.63) is 138 Å². The molecule has 2 fully saturated rings. The number of hydrogen-bond donors (Lipinski definition) is 2. The lowest BCUT2D eigenvalue weighted by atomic mass is 10.0. The van der Waals surface area contributed by atoms with Crippen molar-refractivity contribution in [2.24, 2.45) is 11.8 Å². The molecule has 0 atom stereocenters. The van der Waals surface area contributed by atoms with Crippen molar-refractivity contribution >= 4 is 35.0 Å². The molecule has 8 rings (SSSR count). The molecule has 2 amide bonds. The zero-order valence-corrected chi connectivity index (χ0v) is 35.8. The number of ether oxygens (including phenoxy) is 4. The molecule has 2 aliphatic rings. The van der Waals surface area contributed by atoms with Crippen LogP contribution in [0.15, 0.2) is 128 Å². The van der Waals surface area contributed by atoms with Gasteiger partial charge in [0.2, 0.25) is 0 Å². The molecule has 320 valence electrons. The van der Waals surface area contributed by atoms with Gasteiger partial charge in [0, 0.05) is 78.0 Å². The van der Waals surface area contributed by atoms with Crippen LogP contribution >= 0.6 is 23.2 Å². The zero-order chi connectivity index (χ0) is 42.9. The van der Waals surface area contributed by atoms with E-state index in [1.165, 1.54) is 0 Å². The summed E-state index contributed by atoms with van der Waals surface area (Å²) in [7, 11) is 0. The maximum Gasteiger partial charge on any atom is 0.257 e. The summed E-state index contributed by atoms with van der Waals surface area (Å²) in [5.74, 6) is 2.65. The van der Waals surface area contributed by atoms with E-state index < -0.39 is 0 Å². The van der Waals surface area contributed by atoms with Gasteiger partial charge in [0.05, 0.1) is 17.1 Å². The number of halogens is 2. The fourth-order valence-corrected chi connectivity index (χ4v) is 7.15. The number of rotatable bonds is 14. The second kappa shape index (κ2) is 22.8. The Hall–Kier alpha value is -5.85. The molecule has 0 spiro atoms. The van der Waals surface area contributed by atoms with Gasteiger partial charge in [-0.25, -0.2) is 15.0 Å². The molecule has 62 heavy (non-hydrogen) atoms. The largest absolute Gasteiger partial charge is 0.484 e. The number of hydrogen-bond acceptors (Lipinski definition) is 9. The van der Waals surface area contributed by atoms with Crippen molar-refractivity contribution < 1.29 is 28.5 Å². The van der Waals surface area contributed by atoms with Gasteiger partial charge in [-0.3, -0.25) is 9.59 Å². The quantitative estimate of drug-likeness (QED) is 0.110. The third-order valence-corrected chi connectivity index (χ3v) is 11.0. The van der Waals surface area contributed by atoms with Crippen LogP contribution in [0.4, 0.5) is 0 Å². The molecule has 0 unspecified atom stereocenters. The van der Waals surface area contributed by atoms with Crippen LogP contribution in [0.2, 0.25) is 10.0 Å². The van der Waals surface area contributed by atoms with Crippen LogP contribution in [0.25, 0.3) is 45.2 Å². The molecule has 2 N–H and O–H groups in total. The van der Waals surface area contributed by atoms with Crippen molar-refractivity contribution in [2.45, 2.75) is 25.7 Å². The Labute approximate surface area is 372 Å². The van der Waals surface area contributed by atoms with Crippen molar-refractivity contribution in [3.63, 3.8) is 0 Å². The maximum absolute atomic E-state index is 12.1. The van der Waals surface area contributed by atoms with Gasteiger partial charge < -0.3 is 29.6 Å². The summed E-state index contributed by atoms with van der Waals surface area (Å²) < 4.78 is 21.9. The van der Waals surface area contributed by atoms with Gasteiger partial charge in [-0.2, -0.15) is 0 Å². The SMILES string of the molecule is O=C(COc1ccc(-c2cccc(-c3ccc(Cl)cc3)n2)cc1)NCC1CCOCC1.O=C(COc1ccc(-c2nccc(-c3ccc(Cl)cc3)n2)cc1)NCC1CCOCC1. The monoisotopic (exact) mass is 873 g/mol. The number of pyridine rings is 1. The van der Waals surface area contributed by atoms with Crippen molar-refractivity contribution in [2.75, 3.05) is 52.7 Å². The Balaban J connectivity index is 0.000000186. The van der Waals surface area contributed by atoms with Gasteiger partial charge in [0.1, 0.15) is 11.5 Å². The molecule has 4 aromatic carbocycles. The maximum atomic E-state index is 12.1. The van der Waals surface area contributed by atoms with Crippen LogP contribution in [0.3, 0.4) is 0 Å². The standard InChI is InChI=1S/C25H25ClN2O3.C24H24ClN3O3/c26-21-8-4-19(5-9-21)23-2-1-3-24(28-23)20-6-10-22(11-7-20)31-17-25(29)27-16-18-12-14-30-15-13-18;25-20-5-1-18(2-6-20)22-9-12-26-24(28-22)19-3-7-21(8-4-19)31-16-23(29)27-15-17-10-13-30-14-11-17/h1-11,18H,12-17H2,(H,27,29);1-9,12,17H,10-11,13-16H2,(H,27,29). The van der Waals surface area contributed by atoms with Gasteiger partial charge in [-0.05, 0) is 129 Å². The number of nitrogens with zero attached hydrogens (tertiary/aromatic N) is 3. The average molecular weight is 875 g/mol. The smallest absolute Gasteiger partial charge is 0.257 e. The van der Waals surface area contributed by atoms with E-state index in [0.717, 1.165) is 91.4 Å². The zero-order valence-electron chi connectivity index (χ0n) is 34.3. The number of carbonyl (C=O) groups excluding carboxylic acids is 2. The Kier molecular flexibility index (Phi) is 16.3. The molecule has 2 aliphatic heterocycles. The lowest BCUT2D eigenvalue weighted by Crippen LogP contribution is -2.35. The van der Waals surface area contributed by atoms with E-state index in [4.69, 9.17) is 47.1 Å². The highest BCUT2D eigenvalue weighted by atomic mass is 35.5. The molecule has 2 saturated heterocycles. The van der Waals surface area contributed by atoms with E-state index in [2.05, 4.69) is 20.6 Å². The van der Waals surface area contributed by atoms with E-state index in [0.29, 0.717) is 52.3 Å². The summed E-state index contributed by atoms with van der Waals surface area (Å²) >= 11 is 11.9. The second-order valence-corrected chi connectivity index (χ2v) is 15.9. The van der Waals surface area contributed by atoms with Crippen LogP contribution in [0.5, 0.6) is 11.5 Å². The molecule has 11 nitrogen and oxygen atoms in total. The highest BCUT2D eigenvalue weighted by Gasteiger charge is 2.16. The van der Waals surface area contributed by atoms with E-state index in [9.17, 15) is 9.59 Å². The van der Waals surface area contributed by atoms with Gasteiger partial charge in [-0.1, -0.05) is 53.5 Å². The van der Waals surface area contributed by atoms with Crippen LogP contribution in [0.1, 0.15) is 25.7 Å². The molecule has 4 heterocycles. The lowest BCUT2D eigenvalue weighted by Gasteiger charge is -2.22. The first-order valence-corrected chi connectivity index (χ1v) is 21.6. The number of carbonyl (C=O) groups is 2. The fourth-order valence-electron chi connectivity index (χ4n) is 6.90. The third-order valence-electron chi connectivity index (χ3n) is 10.5. The normalized spacial score (nSPS) is 14.2. The molecular formula is C49H49Cl2N5O6. The van der Waals surface area contributed by atoms with Crippen molar-refractivity contribution in [1.29, 1.82) is 0 Å². The van der Waals surface area contributed by atoms with Gasteiger partial charge in [0.15, 0.2) is 19.0 Å². The Morgan fingerprint density at radius 1 is 0.532 bits per heavy atom. The Morgan fingerprint density at radius 2 is 0.935 bits per heavy atom. The summed E-state index contributed by atoms with van der Waals surface area (Å²) in [6.07, 6.45) is 5.71. The van der Waals surface area contributed by atoms with Crippen LogP contribution in [-0.4, -0.2) is 79.5 Å². The second-order valence-electron chi connectivity index (χ2n) is 15.0. The highest BCUT2D eigenvalue weighted by molar-refractivity contribution is 6.30. The summed E-state index contributed by atoms with van der Waals surface area (Å²) in [4.78, 5) is 37.9. The minimum absolute atomic E-state index is 0.00681. The minimum atomic E-state index is -0.116. The van der Waals surface area contributed by atoms with E-state index in [1.54, 1.807) is 6.20 Å². The fraction of sp³-hybridized carbons (Fsp3) is 0.286. The van der Waals surface area contributed by atoms with E-state index >= 15 is 0 Å². The number of aromatic nitrogens is 3. The summed E-state index contributed by atoms with van der Waals surface area (Å²) in [6.45, 7) is 4.46. The first-order chi connectivity index (χ1) is 30.3.